The number of Topliss-reactive ketones (excluding diaryl/α,β-unsaturated/α-hetero) is 2. The zero-order valence-corrected chi connectivity index (χ0v) is 67.2. The number of carbonyl (C=O) groups excluding carboxylic acids is 9. The molecule has 31 nitrogen and oxygen atoms in total. The van der Waals surface area contributed by atoms with E-state index in [1.807, 2.05) is 75.5 Å². The first kappa shape index (κ1) is 88.6. The number of benzene rings is 3. The van der Waals surface area contributed by atoms with E-state index in [-0.39, 0.29) is 165 Å². The Morgan fingerprint density at radius 1 is 0.748 bits per heavy atom. The number of aliphatic hydroxyl groups excluding tert-OH is 1. The number of hydrogen-bond donors (Lipinski definition) is 7. The number of ketones is 3. The lowest BCUT2D eigenvalue weighted by Crippen LogP contribution is -2.63. The molecule has 0 spiro atoms. The minimum atomic E-state index is -1.49. The predicted molar refractivity (Wildman–Crippen MR) is 422 cm³/mol. The molecular weight excluding hydrogens is 1480 g/mol. The van der Waals surface area contributed by atoms with Gasteiger partial charge in [0.15, 0.2) is 30.1 Å². The smallest absolute Gasteiger partial charge is 0.429 e. The molecule has 2 aliphatic heterocycles. The van der Waals surface area contributed by atoms with Crippen molar-refractivity contribution in [3.63, 3.8) is 0 Å². The fourth-order valence-electron chi connectivity index (χ4n) is 17.2. The number of aromatic nitrogens is 3. The van der Waals surface area contributed by atoms with Crippen molar-refractivity contribution >= 4 is 64.5 Å². The molecule has 3 saturated carbocycles. The molecule has 1 aromatic heterocycles. The summed E-state index contributed by atoms with van der Waals surface area (Å²) < 4.78 is 65.6. The summed E-state index contributed by atoms with van der Waals surface area (Å²) in [6.45, 7) is 15.3. The molecule has 10 rings (SSSR count). The number of likely N-dealkylation sites (N-methyl/N-ethyl adjacent to an activating group) is 1. The molecule has 4 fully saturated rings. The quantitative estimate of drug-likeness (QED) is 0.0169. The third-order valence-corrected chi connectivity index (χ3v) is 22.8. The zero-order valence-electron chi connectivity index (χ0n) is 67.2. The van der Waals surface area contributed by atoms with Gasteiger partial charge in [-0.15, -0.1) is 5.10 Å². The molecule has 0 radical (unpaired) electrons. The molecule has 11 atom stereocenters. The van der Waals surface area contributed by atoms with Gasteiger partial charge in [-0.1, -0.05) is 112 Å². The van der Waals surface area contributed by atoms with Crippen LogP contribution in [-0.4, -0.2) is 229 Å². The topological polar surface area (TPSA) is 396 Å². The van der Waals surface area contributed by atoms with E-state index in [0.717, 1.165) is 47.3 Å². The average Bonchev–Trinajstić information content (AvgIpc) is 1.52. The van der Waals surface area contributed by atoms with Crippen LogP contribution in [0.5, 0.6) is 0 Å². The number of nitrogens with zero attached hydrogens (tertiary/aromatic N) is 4. The number of primary amides is 1. The first-order valence-electron chi connectivity index (χ1n) is 40.5. The summed E-state index contributed by atoms with van der Waals surface area (Å²) in [6, 6.07) is 20.3. The van der Waals surface area contributed by atoms with Crippen molar-refractivity contribution in [3.05, 3.63) is 108 Å². The lowest BCUT2D eigenvalue weighted by Gasteiger charge is -2.59. The van der Waals surface area contributed by atoms with Crippen LogP contribution in [0.1, 0.15) is 123 Å². The van der Waals surface area contributed by atoms with Crippen molar-refractivity contribution in [2.24, 2.45) is 46.2 Å². The van der Waals surface area contributed by atoms with Crippen molar-refractivity contribution in [2.75, 3.05) is 136 Å². The van der Waals surface area contributed by atoms with Gasteiger partial charge in [0.05, 0.1) is 135 Å². The molecule has 1 saturated heterocycles. The van der Waals surface area contributed by atoms with Crippen molar-refractivity contribution in [2.45, 2.75) is 162 Å². The van der Waals surface area contributed by atoms with Crippen LogP contribution in [0.25, 0.3) is 22.5 Å². The van der Waals surface area contributed by atoms with Gasteiger partial charge >= 0.3 is 12.2 Å². The fraction of sp³-hybridized carbons (Fsp3) is 0.607. The standard InChI is InChI=1S/C84H116N10O21/c1-7-13-74-114-70-50-65-63-24-21-59-49-61(95)27-29-82(59,4)75(63)68(97)51-83(65,5)84(70,115-74)69(98)54-113-81(104)112-53-56-19-22-60(23-20-56)89-79(102)57(15-12-30-88-80(85)103)48-67(96)76(55(2)3)90-72(100)28-34-105-38-42-109-46-47-111-44-40-107-36-32-87-71(99)25-26-73(101)93-52-58-14-8-9-16-62(58)77-78(64-17-10-11-18-66(64)93)94(92-91-77)33-37-108-41-45-110-43-39-106-35-31-86-6/h8-11,14,16-20,22-23,27,29,49,55,57,63,65,68,70,74-76,86,97H,7,12-13,15,21,24-26,28,30-48,50-54H2,1-6H3,(H,87,99)(H,89,102)(H,90,100)(H3,85,88,103)/t57-,63+,65+,68+,70-,74?,75-,76+,82+,83+,84-/m1/s1. The Hall–Kier alpha value is -8.73. The normalized spacial score (nSPS) is 22.8. The van der Waals surface area contributed by atoms with Crippen LogP contribution in [0.4, 0.5) is 21.0 Å². The summed E-state index contributed by atoms with van der Waals surface area (Å²) in [5.41, 5.74) is 9.06. The molecule has 6 aliphatic rings. The van der Waals surface area contributed by atoms with Crippen molar-refractivity contribution in [3.8, 4) is 22.5 Å². The van der Waals surface area contributed by atoms with Crippen LogP contribution in [0.15, 0.2) is 96.6 Å². The van der Waals surface area contributed by atoms with Gasteiger partial charge in [-0.25, -0.2) is 14.3 Å². The Morgan fingerprint density at radius 2 is 1.41 bits per heavy atom. The van der Waals surface area contributed by atoms with Crippen molar-refractivity contribution in [1.82, 2.24) is 36.3 Å². The zero-order chi connectivity index (χ0) is 81.9. The Kier molecular flexibility index (Phi) is 33.5. The second kappa shape index (κ2) is 43.5. The minimum absolute atomic E-state index is 0.0107. The summed E-state index contributed by atoms with van der Waals surface area (Å²) in [7, 11) is 1.87. The van der Waals surface area contributed by atoms with Crippen LogP contribution < -0.4 is 37.2 Å². The molecule has 4 aliphatic carbocycles. The third-order valence-electron chi connectivity index (χ3n) is 22.8. The van der Waals surface area contributed by atoms with Gasteiger partial charge in [-0.3, -0.25) is 33.6 Å². The molecule has 6 amide bonds. The lowest BCUT2D eigenvalue weighted by atomic mass is 9.46. The van der Waals surface area contributed by atoms with Crippen molar-refractivity contribution in [1.29, 1.82) is 0 Å². The van der Waals surface area contributed by atoms with Crippen LogP contribution in [0.2, 0.25) is 0 Å². The van der Waals surface area contributed by atoms with Gasteiger partial charge < -0.3 is 94.4 Å². The van der Waals surface area contributed by atoms with Gasteiger partial charge in [-0.05, 0) is 111 Å². The summed E-state index contributed by atoms with van der Waals surface area (Å²) >= 11 is 0. The van der Waals surface area contributed by atoms with E-state index in [0.29, 0.717) is 94.5 Å². The van der Waals surface area contributed by atoms with E-state index in [2.05, 4.69) is 43.8 Å². The highest BCUT2D eigenvalue weighted by Crippen LogP contribution is 2.70. The molecule has 31 heteroatoms. The number of para-hydroxylation sites is 1. The van der Waals surface area contributed by atoms with Gasteiger partial charge in [-0.2, -0.15) is 0 Å². The molecule has 3 heterocycles. The number of nitrogens with two attached hydrogens (primary N) is 1. The molecule has 1 unspecified atom stereocenters. The van der Waals surface area contributed by atoms with Gasteiger partial charge in [0.2, 0.25) is 29.4 Å². The van der Waals surface area contributed by atoms with Gasteiger partial charge in [0.25, 0.3) is 0 Å². The van der Waals surface area contributed by atoms with Crippen LogP contribution in [0.3, 0.4) is 0 Å². The summed E-state index contributed by atoms with van der Waals surface area (Å²) in [5, 5.41) is 35.3. The second-order valence-electron chi connectivity index (χ2n) is 30.8. The molecule has 628 valence electrons. The number of allylic oxidation sites excluding steroid dienone is 4. The molecular formula is C84H116N10O21. The Labute approximate surface area is 672 Å². The number of carbonyl (C=O) groups is 9. The molecule has 4 aromatic rings. The summed E-state index contributed by atoms with van der Waals surface area (Å²) in [4.78, 5) is 122. The molecule has 8 N–H and O–H groups in total. The molecule has 115 heavy (non-hydrogen) atoms. The largest absolute Gasteiger partial charge is 0.509 e. The van der Waals surface area contributed by atoms with E-state index in [1.165, 1.54) is 0 Å². The maximum absolute atomic E-state index is 14.7. The summed E-state index contributed by atoms with van der Waals surface area (Å²) in [5.74, 6) is -3.70. The number of ether oxygens (including phenoxy) is 11. The lowest BCUT2D eigenvalue weighted by molar-refractivity contribution is -0.200. The number of urea groups is 1. The fourth-order valence-corrected chi connectivity index (χ4v) is 17.2. The molecule has 0 bridgehead atoms. The Morgan fingerprint density at radius 3 is 2.10 bits per heavy atom. The Bertz CT molecular complexity index is 4000. The number of rotatable bonds is 48. The number of fused-ring (bicyclic) bond motifs is 12. The van der Waals surface area contributed by atoms with E-state index in [4.69, 9.17) is 57.8 Å². The maximum Gasteiger partial charge on any atom is 0.509 e. The van der Waals surface area contributed by atoms with Gasteiger partial charge in [0.1, 0.15) is 12.3 Å². The SMILES string of the molecule is CCCC1O[C@@H]2C[C@H]3[C@@H]4CCC5=CC(=O)C=C[C@]5(C)[C@H]4[C@@H](O)C[C@]3(C)[C@]2(C(=O)COC(=O)OCc2ccc(NC(=O)[C@H](CCCNC(N)=O)CC(=O)[C@@H](NC(=O)CCOCCOCCOCCOCCNC(=O)CCC(=O)N3Cc4ccccc4-c4nnn(CCOCCOCCOCCNC)c4-c4ccccc43)C(C)C)cc2)O1. The highest BCUT2D eigenvalue weighted by Gasteiger charge is 2.76. The number of aliphatic hydroxyl groups is 1. The van der Waals surface area contributed by atoms with Crippen LogP contribution in [0, 0.1) is 40.4 Å². The van der Waals surface area contributed by atoms with E-state index in [1.54, 1.807) is 59.8 Å². The number of hydrogen-bond acceptors (Lipinski definition) is 24. The van der Waals surface area contributed by atoms with Crippen LogP contribution >= 0.6 is 0 Å². The average molecular weight is 1600 g/mol. The first-order valence-corrected chi connectivity index (χ1v) is 40.5. The maximum atomic E-state index is 14.7. The van der Waals surface area contributed by atoms with Crippen LogP contribution in [-0.2, 0) is 105 Å². The highest BCUT2D eigenvalue weighted by atomic mass is 16.8. The first-order chi connectivity index (χ1) is 55.6. The number of anilines is 2. The monoisotopic (exact) mass is 1600 g/mol. The third kappa shape index (κ3) is 23.1. The van der Waals surface area contributed by atoms with Gasteiger partial charge in [0, 0.05) is 84.8 Å². The predicted octanol–water partition coefficient (Wildman–Crippen LogP) is 7.28. The molecule has 3 aromatic carbocycles. The second-order valence-corrected chi connectivity index (χ2v) is 30.8. The number of nitrogens with one attached hydrogen (secondary N) is 5. The van der Waals surface area contributed by atoms with E-state index < -0.39 is 83.3 Å². The van der Waals surface area contributed by atoms with E-state index >= 15 is 0 Å². The Balaban J connectivity index is 0.579. The minimum Gasteiger partial charge on any atom is -0.429 e. The highest BCUT2D eigenvalue weighted by molar-refractivity contribution is 6.02. The summed E-state index contributed by atoms with van der Waals surface area (Å²) in [6.07, 6.45) is 5.77. The van der Waals surface area contributed by atoms with E-state index in [9.17, 15) is 48.3 Å². The van der Waals surface area contributed by atoms with Crippen molar-refractivity contribution < 1.29 is 100 Å². The number of amides is 6.